The molecule has 0 spiro atoms. The molecule has 0 saturated carbocycles. The van der Waals surface area contributed by atoms with Gasteiger partial charge in [0.05, 0.1) is 0 Å². The van der Waals surface area contributed by atoms with Gasteiger partial charge in [0.25, 0.3) is 0 Å². The molecule has 0 aromatic heterocycles. The third-order valence-electron chi connectivity index (χ3n) is 7.16. The highest BCUT2D eigenvalue weighted by Gasteiger charge is 2.39. The number of carbonyl (C=O) groups excluding carboxylic acids is 1. The van der Waals surface area contributed by atoms with Gasteiger partial charge in [0.2, 0.25) is 12.7 Å². The zero-order valence-electron chi connectivity index (χ0n) is 21.9. The molecule has 0 N–H and O–H groups in total. The summed E-state index contributed by atoms with van der Waals surface area (Å²) in [6.45, 7) is 0. The van der Waals surface area contributed by atoms with E-state index in [0.717, 1.165) is 33.4 Å². The van der Waals surface area contributed by atoms with Crippen LogP contribution < -0.4 is 10.6 Å². The van der Waals surface area contributed by atoms with E-state index in [1.54, 1.807) is 12.1 Å². The van der Waals surface area contributed by atoms with Crippen LogP contribution in [0.2, 0.25) is 0 Å². The van der Waals surface area contributed by atoms with Gasteiger partial charge < -0.3 is 4.57 Å². The summed E-state index contributed by atoms with van der Waals surface area (Å²) < 4.78 is 15.6. The van der Waals surface area contributed by atoms with Crippen LogP contribution in [0, 0.1) is 0 Å². The first-order valence-electron chi connectivity index (χ1n) is 13.3. The fourth-order valence-electron chi connectivity index (χ4n) is 5.28. The summed E-state index contributed by atoms with van der Waals surface area (Å²) in [5.74, 6) is 0. The minimum Gasteiger partial charge on any atom is -0.305 e. The van der Waals surface area contributed by atoms with E-state index in [1.807, 2.05) is 127 Å². The van der Waals surface area contributed by atoms with Crippen molar-refractivity contribution in [1.29, 1.82) is 0 Å². The van der Waals surface area contributed by atoms with Crippen LogP contribution >= 0.6 is 7.14 Å². The minimum atomic E-state index is -3.84. The Bertz CT molecular complexity index is 1800. The summed E-state index contributed by atoms with van der Waals surface area (Å²) in [5.41, 5.74) is 5.79. The fourth-order valence-corrected chi connectivity index (χ4v) is 7.96. The van der Waals surface area contributed by atoms with Gasteiger partial charge in [-0.1, -0.05) is 158 Å². The van der Waals surface area contributed by atoms with E-state index in [0.29, 0.717) is 16.2 Å². The van der Waals surface area contributed by atoms with Gasteiger partial charge in [-0.2, -0.15) is 0 Å². The lowest BCUT2D eigenvalue weighted by molar-refractivity contribution is 0.107. The summed E-state index contributed by atoms with van der Waals surface area (Å²) in [5, 5.41) is 1.06. The lowest BCUT2D eigenvalue weighted by Gasteiger charge is -2.25. The Hall–Kier alpha value is -4.78. The SMILES string of the molecule is O=C(c1ccccc1)P(=O)(c1ccccc1)c1ccc(-c2ccccc2)c(-c2ccccc2)c1-c1ccccc1. The van der Waals surface area contributed by atoms with Crippen LogP contribution in [-0.2, 0) is 4.57 Å². The van der Waals surface area contributed by atoms with Gasteiger partial charge in [0, 0.05) is 21.7 Å². The van der Waals surface area contributed by atoms with Crippen molar-refractivity contribution in [1.82, 2.24) is 0 Å². The van der Waals surface area contributed by atoms with Crippen LogP contribution in [-0.4, -0.2) is 5.52 Å². The van der Waals surface area contributed by atoms with Crippen molar-refractivity contribution in [3.8, 4) is 33.4 Å². The molecule has 0 saturated heterocycles. The summed E-state index contributed by atoms with van der Waals surface area (Å²) in [7, 11) is -3.84. The van der Waals surface area contributed by atoms with Crippen molar-refractivity contribution in [3.05, 3.63) is 169 Å². The molecular weight excluding hydrogens is 507 g/mol. The Kier molecular flexibility index (Phi) is 7.10. The van der Waals surface area contributed by atoms with Gasteiger partial charge >= 0.3 is 0 Å². The van der Waals surface area contributed by atoms with Gasteiger partial charge in [-0.25, -0.2) is 0 Å². The molecule has 1 atom stereocenters. The largest absolute Gasteiger partial charge is 0.305 e. The van der Waals surface area contributed by atoms with E-state index in [2.05, 4.69) is 24.3 Å². The molecule has 0 radical (unpaired) electrons. The van der Waals surface area contributed by atoms with Gasteiger partial charge in [-0.3, -0.25) is 4.79 Å². The van der Waals surface area contributed by atoms with E-state index in [9.17, 15) is 4.79 Å². The van der Waals surface area contributed by atoms with Crippen LogP contribution in [0.4, 0.5) is 0 Å². The van der Waals surface area contributed by atoms with Crippen molar-refractivity contribution in [2.75, 3.05) is 0 Å². The normalized spacial score (nSPS) is 12.4. The molecule has 6 rings (SSSR count). The van der Waals surface area contributed by atoms with Crippen molar-refractivity contribution in [2.45, 2.75) is 0 Å². The van der Waals surface area contributed by atoms with Gasteiger partial charge in [0.15, 0.2) is 0 Å². The van der Waals surface area contributed by atoms with E-state index >= 15 is 4.57 Å². The zero-order valence-corrected chi connectivity index (χ0v) is 22.7. The summed E-state index contributed by atoms with van der Waals surface area (Å²) in [4.78, 5) is 14.4. The molecule has 6 aromatic carbocycles. The van der Waals surface area contributed by atoms with Crippen molar-refractivity contribution < 1.29 is 9.36 Å². The minimum absolute atomic E-state index is 0.372. The molecule has 0 fully saturated rings. The van der Waals surface area contributed by atoms with Crippen LogP contribution in [0.15, 0.2) is 164 Å². The monoisotopic (exact) mass is 534 g/mol. The Balaban J connectivity index is 1.76. The molecule has 0 aliphatic rings. The molecular formula is C37H27O2P. The van der Waals surface area contributed by atoms with E-state index in [-0.39, 0.29) is 5.52 Å². The lowest BCUT2D eigenvalue weighted by atomic mass is 9.87. The number of carbonyl (C=O) groups is 1. The number of benzene rings is 6. The molecule has 0 amide bonds. The maximum Gasteiger partial charge on any atom is 0.230 e. The van der Waals surface area contributed by atoms with Crippen molar-refractivity contribution in [2.24, 2.45) is 0 Å². The van der Waals surface area contributed by atoms with Crippen LogP contribution in [0.5, 0.6) is 0 Å². The van der Waals surface area contributed by atoms with Gasteiger partial charge in [0.1, 0.15) is 0 Å². The molecule has 0 aliphatic carbocycles. The standard InChI is InChI=1S/C37H27O2P/c38-37(31-22-12-4-13-23-31)40(39,32-24-14-5-15-25-32)34-27-26-33(28-16-6-1-7-17-28)35(29-18-8-2-9-19-29)36(34)30-20-10-3-11-21-30/h1-27H. The first-order valence-corrected chi connectivity index (χ1v) is 15.0. The second kappa shape index (κ2) is 11.1. The molecule has 192 valence electrons. The van der Waals surface area contributed by atoms with E-state index < -0.39 is 7.14 Å². The summed E-state index contributed by atoms with van der Waals surface area (Å²) in [6, 6.07) is 52.5. The molecule has 40 heavy (non-hydrogen) atoms. The van der Waals surface area contributed by atoms with Crippen molar-refractivity contribution in [3.63, 3.8) is 0 Å². The molecule has 6 aromatic rings. The fraction of sp³-hybridized carbons (Fsp3) is 0. The third-order valence-corrected chi connectivity index (χ3v) is 10.1. The predicted octanol–water partition coefficient (Wildman–Crippen LogP) is 8.84. The average molecular weight is 535 g/mol. The maximum atomic E-state index is 15.6. The Morgan fingerprint density at radius 3 is 1.38 bits per heavy atom. The Labute approximate surface area is 235 Å². The van der Waals surface area contributed by atoms with Crippen LogP contribution in [0.3, 0.4) is 0 Å². The average Bonchev–Trinajstić information content (AvgIpc) is 3.05. The van der Waals surface area contributed by atoms with Crippen LogP contribution in [0.1, 0.15) is 10.4 Å². The first-order chi connectivity index (χ1) is 19.7. The quantitative estimate of drug-likeness (QED) is 0.192. The molecule has 0 aliphatic heterocycles. The lowest BCUT2D eigenvalue weighted by Crippen LogP contribution is -2.25. The first kappa shape index (κ1) is 25.5. The highest BCUT2D eigenvalue weighted by Crippen LogP contribution is 2.52. The highest BCUT2D eigenvalue weighted by molar-refractivity contribution is 7.93. The second-order valence-electron chi connectivity index (χ2n) is 9.60. The molecule has 0 heterocycles. The topological polar surface area (TPSA) is 34.1 Å². The smallest absolute Gasteiger partial charge is 0.230 e. The molecule has 0 bridgehead atoms. The Morgan fingerprint density at radius 1 is 0.425 bits per heavy atom. The van der Waals surface area contributed by atoms with Crippen molar-refractivity contribution >= 4 is 23.3 Å². The Morgan fingerprint density at radius 2 is 0.850 bits per heavy atom. The highest BCUT2D eigenvalue weighted by atomic mass is 31.2. The summed E-state index contributed by atoms with van der Waals surface area (Å²) >= 11 is 0. The number of hydrogen-bond acceptors (Lipinski definition) is 2. The van der Waals surface area contributed by atoms with Gasteiger partial charge in [-0.05, 0) is 33.9 Å². The van der Waals surface area contributed by atoms with E-state index in [4.69, 9.17) is 0 Å². The van der Waals surface area contributed by atoms with Crippen LogP contribution in [0.25, 0.3) is 33.4 Å². The van der Waals surface area contributed by atoms with Gasteiger partial charge in [-0.15, -0.1) is 0 Å². The van der Waals surface area contributed by atoms with E-state index in [1.165, 1.54) is 0 Å². The number of hydrogen-bond donors (Lipinski definition) is 0. The number of rotatable bonds is 7. The second-order valence-corrected chi connectivity index (χ2v) is 12.2. The predicted molar refractivity (Wildman–Crippen MR) is 167 cm³/mol. The third kappa shape index (κ3) is 4.64. The molecule has 3 heteroatoms. The zero-order chi connectivity index (χ0) is 27.4. The molecule has 2 nitrogen and oxygen atoms in total. The summed E-state index contributed by atoms with van der Waals surface area (Å²) in [6.07, 6.45) is 0. The molecule has 1 unspecified atom stereocenters. The maximum absolute atomic E-state index is 15.6.